The molecule has 3 aliphatic rings. The molecule has 1 amide bonds. The van der Waals surface area contributed by atoms with Crippen LogP contribution in [-0.2, 0) is 29.0 Å². The van der Waals surface area contributed by atoms with Crippen LogP contribution in [0.25, 0.3) is 0 Å². The summed E-state index contributed by atoms with van der Waals surface area (Å²) in [7, 11) is 0. The SMILES string of the molecule is O=C(O)[C@H](CCN1CC[C@@H](CCc2ccc3c(n2)NCCC3)C1)NC(=O)[C@@H]1CCCN1Cc1ccccc1. The molecule has 3 aliphatic heterocycles. The van der Waals surface area contributed by atoms with E-state index in [1.807, 2.05) is 18.2 Å². The molecule has 2 fully saturated rings. The topological polar surface area (TPSA) is 97.8 Å². The monoisotopic (exact) mass is 519 g/mol. The molecule has 1 aromatic carbocycles. The highest BCUT2D eigenvalue weighted by Crippen LogP contribution is 2.25. The Hall–Kier alpha value is -2.97. The van der Waals surface area contributed by atoms with Crippen molar-refractivity contribution >= 4 is 17.7 Å². The van der Waals surface area contributed by atoms with Gasteiger partial charge in [0.15, 0.2) is 0 Å². The number of amides is 1. The first-order valence-corrected chi connectivity index (χ1v) is 14.3. The van der Waals surface area contributed by atoms with Gasteiger partial charge < -0.3 is 20.6 Å². The van der Waals surface area contributed by atoms with Gasteiger partial charge in [-0.15, -0.1) is 0 Å². The summed E-state index contributed by atoms with van der Waals surface area (Å²) in [6.07, 6.45) is 7.63. The van der Waals surface area contributed by atoms with Crippen molar-refractivity contribution in [3.63, 3.8) is 0 Å². The lowest BCUT2D eigenvalue weighted by atomic mass is 10.00. The molecule has 0 aliphatic carbocycles. The van der Waals surface area contributed by atoms with Crippen molar-refractivity contribution in [1.82, 2.24) is 20.1 Å². The van der Waals surface area contributed by atoms with Crippen LogP contribution in [0.1, 0.15) is 55.3 Å². The van der Waals surface area contributed by atoms with E-state index in [9.17, 15) is 14.7 Å². The number of carbonyl (C=O) groups is 2. The summed E-state index contributed by atoms with van der Waals surface area (Å²) in [5, 5.41) is 16.1. The zero-order valence-electron chi connectivity index (χ0n) is 22.3. The number of aryl methyl sites for hydroxylation is 2. The van der Waals surface area contributed by atoms with Gasteiger partial charge in [0.05, 0.1) is 6.04 Å². The van der Waals surface area contributed by atoms with Gasteiger partial charge in [-0.05, 0) is 87.6 Å². The maximum absolute atomic E-state index is 13.1. The Bertz CT molecular complexity index is 1090. The maximum Gasteiger partial charge on any atom is 0.326 e. The number of hydrogen-bond donors (Lipinski definition) is 3. The van der Waals surface area contributed by atoms with Crippen molar-refractivity contribution in [1.29, 1.82) is 0 Å². The fourth-order valence-electron chi connectivity index (χ4n) is 6.18. The van der Waals surface area contributed by atoms with Gasteiger partial charge in [0.1, 0.15) is 11.9 Å². The number of carboxylic acid groups (broad SMARTS) is 1. The van der Waals surface area contributed by atoms with Crippen molar-refractivity contribution in [3.8, 4) is 0 Å². The summed E-state index contributed by atoms with van der Waals surface area (Å²) in [6, 6.07) is 13.4. The average molecular weight is 520 g/mol. The molecule has 0 saturated carbocycles. The van der Waals surface area contributed by atoms with E-state index < -0.39 is 12.0 Å². The van der Waals surface area contributed by atoms with Gasteiger partial charge >= 0.3 is 5.97 Å². The van der Waals surface area contributed by atoms with Gasteiger partial charge in [0.2, 0.25) is 5.91 Å². The van der Waals surface area contributed by atoms with Gasteiger partial charge in [-0.1, -0.05) is 36.4 Å². The number of fused-ring (bicyclic) bond motifs is 1. The highest BCUT2D eigenvalue weighted by molar-refractivity contribution is 5.87. The molecule has 0 unspecified atom stereocenters. The number of aromatic nitrogens is 1. The molecule has 1 aromatic heterocycles. The van der Waals surface area contributed by atoms with Crippen molar-refractivity contribution < 1.29 is 14.7 Å². The van der Waals surface area contributed by atoms with E-state index in [-0.39, 0.29) is 11.9 Å². The first-order valence-electron chi connectivity index (χ1n) is 14.3. The van der Waals surface area contributed by atoms with Crippen molar-refractivity contribution in [2.24, 2.45) is 5.92 Å². The molecule has 0 spiro atoms. The number of nitrogens with zero attached hydrogens (tertiary/aromatic N) is 3. The van der Waals surface area contributed by atoms with Crippen LogP contribution in [0.5, 0.6) is 0 Å². The Morgan fingerprint density at radius 1 is 1.11 bits per heavy atom. The molecule has 38 heavy (non-hydrogen) atoms. The predicted octanol–water partition coefficient (Wildman–Crippen LogP) is 3.32. The Labute approximate surface area is 225 Å². The van der Waals surface area contributed by atoms with Gasteiger partial charge in [0.25, 0.3) is 0 Å². The predicted molar refractivity (Wildman–Crippen MR) is 148 cm³/mol. The average Bonchev–Trinajstić information content (AvgIpc) is 3.59. The lowest BCUT2D eigenvalue weighted by Gasteiger charge is -2.26. The maximum atomic E-state index is 13.1. The Morgan fingerprint density at radius 2 is 1.97 bits per heavy atom. The van der Waals surface area contributed by atoms with Gasteiger partial charge in [-0.2, -0.15) is 0 Å². The minimum atomic E-state index is -0.950. The van der Waals surface area contributed by atoms with Crippen LogP contribution in [0.2, 0.25) is 0 Å². The molecule has 8 heteroatoms. The van der Waals surface area contributed by atoms with E-state index >= 15 is 0 Å². The third-order valence-corrected chi connectivity index (χ3v) is 8.37. The number of carboxylic acids is 1. The number of carbonyl (C=O) groups excluding carboxylic acids is 1. The van der Waals surface area contributed by atoms with Gasteiger partial charge in [0, 0.05) is 31.9 Å². The number of hydrogen-bond acceptors (Lipinski definition) is 6. The van der Waals surface area contributed by atoms with Crippen LogP contribution < -0.4 is 10.6 Å². The normalized spacial score (nSPS) is 22.5. The zero-order valence-corrected chi connectivity index (χ0v) is 22.3. The molecule has 5 rings (SSSR count). The number of rotatable bonds is 11. The molecular formula is C30H41N5O3. The molecular weight excluding hydrogens is 478 g/mol. The number of benzene rings is 1. The second-order valence-corrected chi connectivity index (χ2v) is 11.1. The molecule has 2 saturated heterocycles. The standard InChI is InChI=1S/C30H41N5O3/c36-29(27-9-5-17-35(27)21-22-6-2-1-3-7-22)33-26(30(37)38)15-19-34-18-14-23(20-34)10-12-25-13-11-24-8-4-16-31-28(24)32-25/h1-3,6-7,11,13,23,26-27H,4-5,8-10,12,14-21H2,(H,31,32)(H,33,36)(H,37,38)/t23-,26+,27+/m1/s1. The van der Waals surface area contributed by atoms with Crippen LogP contribution in [0, 0.1) is 5.92 Å². The van der Waals surface area contributed by atoms with E-state index in [4.69, 9.17) is 4.98 Å². The van der Waals surface area contributed by atoms with Crippen LogP contribution in [0.4, 0.5) is 5.82 Å². The van der Waals surface area contributed by atoms with E-state index in [1.165, 1.54) is 17.5 Å². The van der Waals surface area contributed by atoms with Crippen molar-refractivity contribution in [2.75, 3.05) is 38.0 Å². The minimum absolute atomic E-state index is 0.155. The Kier molecular flexibility index (Phi) is 8.91. The van der Waals surface area contributed by atoms with Crippen LogP contribution in [-0.4, -0.2) is 76.6 Å². The van der Waals surface area contributed by atoms with E-state index in [2.05, 4.69) is 44.7 Å². The molecule has 8 nitrogen and oxygen atoms in total. The van der Waals surface area contributed by atoms with Crippen LogP contribution in [0.3, 0.4) is 0 Å². The minimum Gasteiger partial charge on any atom is -0.480 e. The second kappa shape index (κ2) is 12.7. The fourth-order valence-corrected chi connectivity index (χ4v) is 6.18. The number of nitrogens with one attached hydrogen (secondary N) is 2. The summed E-state index contributed by atoms with van der Waals surface area (Å²) in [6.45, 7) is 5.23. The van der Waals surface area contributed by atoms with E-state index in [0.29, 0.717) is 25.4 Å². The smallest absolute Gasteiger partial charge is 0.326 e. The summed E-state index contributed by atoms with van der Waals surface area (Å²) < 4.78 is 0. The summed E-state index contributed by atoms with van der Waals surface area (Å²) in [5.41, 5.74) is 3.65. The first kappa shape index (κ1) is 26.6. The third kappa shape index (κ3) is 6.91. The van der Waals surface area contributed by atoms with Gasteiger partial charge in [-0.3, -0.25) is 9.69 Å². The third-order valence-electron chi connectivity index (χ3n) is 8.37. The molecule has 4 heterocycles. The first-order chi connectivity index (χ1) is 18.5. The zero-order chi connectivity index (χ0) is 26.3. The molecule has 3 atom stereocenters. The largest absolute Gasteiger partial charge is 0.480 e. The lowest BCUT2D eigenvalue weighted by molar-refractivity contribution is -0.142. The number of likely N-dealkylation sites (tertiary alicyclic amines) is 2. The quantitative estimate of drug-likeness (QED) is 0.419. The highest BCUT2D eigenvalue weighted by atomic mass is 16.4. The Balaban J connectivity index is 1.06. The summed E-state index contributed by atoms with van der Waals surface area (Å²) in [4.78, 5) is 34.4. The van der Waals surface area contributed by atoms with E-state index in [1.54, 1.807) is 0 Å². The van der Waals surface area contributed by atoms with Gasteiger partial charge in [-0.25, -0.2) is 9.78 Å². The molecule has 3 N–H and O–H groups in total. The van der Waals surface area contributed by atoms with E-state index in [0.717, 1.165) is 76.2 Å². The van der Waals surface area contributed by atoms with Crippen LogP contribution in [0.15, 0.2) is 42.5 Å². The summed E-state index contributed by atoms with van der Waals surface area (Å²) in [5.74, 6) is 0.555. The summed E-state index contributed by atoms with van der Waals surface area (Å²) >= 11 is 0. The lowest BCUT2D eigenvalue weighted by Crippen LogP contribution is -2.50. The molecule has 2 aromatic rings. The Morgan fingerprint density at radius 3 is 2.82 bits per heavy atom. The molecule has 204 valence electrons. The molecule has 0 radical (unpaired) electrons. The molecule has 0 bridgehead atoms. The number of aliphatic carboxylic acids is 1. The van der Waals surface area contributed by atoms with Crippen molar-refractivity contribution in [3.05, 3.63) is 59.3 Å². The van der Waals surface area contributed by atoms with Crippen LogP contribution >= 0.6 is 0 Å². The number of anilines is 1. The fraction of sp³-hybridized carbons (Fsp3) is 0.567. The second-order valence-electron chi connectivity index (χ2n) is 11.1. The van der Waals surface area contributed by atoms with Crippen molar-refractivity contribution in [2.45, 2.75) is 70.0 Å². The number of pyridine rings is 1. The highest BCUT2D eigenvalue weighted by Gasteiger charge is 2.33.